The summed E-state index contributed by atoms with van der Waals surface area (Å²) in [7, 11) is 1.67. The fourth-order valence-corrected chi connectivity index (χ4v) is 4.93. The van der Waals surface area contributed by atoms with E-state index in [0.29, 0.717) is 12.2 Å². The van der Waals surface area contributed by atoms with E-state index in [1.165, 1.54) is 18.2 Å². The Labute approximate surface area is 276 Å². The van der Waals surface area contributed by atoms with Crippen LogP contribution in [0.4, 0.5) is 11.4 Å². The van der Waals surface area contributed by atoms with Gasteiger partial charge in [0, 0.05) is 44.8 Å². The number of aliphatic hydroxyl groups excluding tert-OH is 1. The fourth-order valence-electron chi connectivity index (χ4n) is 4.93. The first-order chi connectivity index (χ1) is 22.5. The second-order valence-corrected chi connectivity index (χ2v) is 9.36. The maximum Gasteiger partial charge on any atom is 0.266 e. The number of carbonyl (C=O) groups excluding carboxylic acids is 3. The second-order valence-electron chi connectivity index (χ2n) is 9.36. The van der Waals surface area contributed by atoms with Crippen LogP contribution in [0.5, 0.6) is 5.75 Å². The van der Waals surface area contributed by atoms with Crippen LogP contribution in [0, 0.1) is 0 Å². The van der Waals surface area contributed by atoms with Gasteiger partial charge in [0.05, 0.1) is 35.7 Å². The number of anilines is 2. The van der Waals surface area contributed by atoms with Crippen molar-refractivity contribution in [1.29, 1.82) is 0 Å². The number of para-hydroxylation sites is 3. The van der Waals surface area contributed by atoms with Crippen molar-refractivity contribution in [3.8, 4) is 5.75 Å². The summed E-state index contributed by atoms with van der Waals surface area (Å²) in [5.41, 5.74) is 2.26. The van der Waals surface area contributed by atoms with Crippen LogP contribution in [0.25, 0.3) is 0 Å². The molecule has 0 saturated carbocycles. The highest BCUT2D eigenvalue weighted by Crippen LogP contribution is 2.30. The number of rotatable bonds is 8. The van der Waals surface area contributed by atoms with Crippen LogP contribution in [-0.2, 0) is 0 Å². The van der Waals surface area contributed by atoms with Gasteiger partial charge < -0.3 is 20.1 Å². The number of carbonyl (C=O) groups is 3. The third-order valence-electron chi connectivity index (χ3n) is 6.93. The van der Waals surface area contributed by atoms with Crippen LogP contribution in [0.15, 0.2) is 72.8 Å². The second kappa shape index (κ2) is 21.5. The van der Waals surface area contributed by atoms with Crippen molar-refractivity contribution in [2.45, 2.75) is 61.5 Å². The van der Waals surface area contributed by atoms with Crippen LogP contribution in [-0.4, -0.2) is 80.2 Å². The van der Waals surface area contributed by atoms with Crippen molar-refractivity contribution in [2.75, 3.05) is 56.2 Å². The van der Waals surface area contributed by atoms with Gasteiger partial charge in [0.25, 0.3) is 17.7 Å². The van der Waals surface area contributed by atoms with E-state index in [1.54, 1.807) is 37.4 Å². The first-order valence-corrected chi connectivity index (χ1v) is 16.6. The molecule has 5 rings (SSSR count). The summed E-state index contributed by atoms with van der Waals surface area (Å²) in [5.74, 6) is -0.442. The third-order valence-corrected chi connectivity index (χ3v) is 6.93. The third kappa shape index (κ3) is 10.2. The van der Waals surface area contributed by atoms with Gasteiger partial charge in [0.15, 0.2) is 0 Å². The standard InChI is InChI=1S/C29H30N4O5.4C2H6/c1-38-26-10-6-5-9-25(26)32-15-13-31(14-16-32)19-22(34)18-30-27(35)20-11-12-23-24(17-20)29(37)33(28(23)36)21-7-3-2-4-8-21;4*1-2/h2-12,17,22,34H,13-16,18-19H2,1H3,(H,30,35);4*1-2H3. The predicted octanol–water partition coefficient (Wildman–Crippen LogP) is 6.51. The molecule has 0 radical (unpaired) electrons. The zero-order chi connectivity index (χ0) is 34.6. The Morgan fingerprint density at radius 3 is 1.96 bits per heavy atom. The predicted molar refractivity (Wildman–Crippen MR) is 189 cm³/mol. The van der Waals surface area contributed by atoms with Gasteiger partial charge in [-0.25, -0.2) is 4.90 Å². The van der Waals surface area contributed by atoms with E-state index in [9.17, 15) is 19.5 Å². The largest absolute Gasteiger partial charge is 0.495 e. The van der Waals surface area contributed by atoms with E-state index in [1.807, 2.05) is 79.7 Å². The first kappa shape index (κ1) is 39.8. The lowest BCUT2D eigenvalue weighted by molar-refractivity contribution is 0.0851. The maximum absolute atomic E-state index is 12.9. The minimum atomic E-state index is -0.747. The highest BCUT2D eigenvalue weighted by molar-refractivity contribution is 6.34. The summed E-state index contributed by atoms with van der Waals surface area (Å²) < 4.78 is 5.47. The van der Waals surface area contributed by atoms with Gasteiger partial charge in [-0.05, 0) is 42.5 Å². The molecular formula is C37H54N4O5. The maximum atomic E-state index is 12.9. The van der Waals surface area contributed by atoms with E-state index >= 15 is 0 Å². The molecule has 9 nitrogen and oxygen atoms in total. The number of β-amino-alcohol motifs (C(OH)–C–C–N with tert-alkyl or cyclic N) is 1. The van der Waals surface area contributed by atoms with Crippen LogP contribution in [0.2, 0.25) is 0 Å². The molecule has 1 unspecified atom stereocenters. The lowest BCUT2D eigenvalue weighted by Gasteiger charge is -2.37. The zero-order valence-corrected chi connectivity index (χ0v) is 29.2. The Morgan fingerprint density at radius 1 is 0.783 bits per heavy atom. The number of piperazine rings is 1. The van der Waals surface area contributed by atoms with Gasteiger partial charge >= 0.3 is 0 Å². The Hall–Kier alpha value is -4.21. The normalized spacial score (nSPS) is 14.0. The van der Waals surface area contributed by atoms with E-state index < -0.39 is 23.8 Å². The summed E-state index contributed by atoms with van der Waals surface area (Å²) in [6.07, 6.45) is -0.747. The number of amides is 3. The lowest BCUT2D eigenvalue weighted by atomic mass is 10.1. The van der Waals surface area contributed by atoms with E-state index in [2.05, 4.69) is 15.1 Å². The summed E-state index contributed by atoms with van der Waals surface area (Å²) in [4.78, 5) is 44.0. The molecule has 2 heterocycles. The van der Waals surface area contributed by atoms with Gasteiger partial charge in [-0.2, -0.15) is 0 Å². The topological polar surface area (TPSA) is 102 Å². The van der Waals surface area contributed by atoms with Crippen LogP contribution in [0.1, 0.15) is 86.5 Å². The molecule has 0 bridgehead atoms. The Balaban J connectivity index is 0.00000123. The van der Waals surface area contributed by atoms with Gasteiger partial charge in [-0.1, -0.05) is 85.7 Å². The van der Waals surface area contributed by atoms with Crippen LogP contribution in [0.3, 0.4) is 0 Å². The molecule has 9 heteroatoms. The van der Waals surface area contributed by atoms with Crippen LogP contribution >= 0.6 is 0 Å². The number of nitrogens with one attached hydrogen (secondary N) is 1. The Morgan fingerprint density at radius 2 is 1.35 bits per heavy atom. The van der Waals surface area contributed by atoms with Crippen molar-refractivity contribution in [3.05, 3.63) is 89.5 Å². The van der Waals surface area contributed by atoms with Gasteiger partial charge in [0.1, 0.15) is 5.75 Å². The number of hydrogen-bond acceptors (Lipinski definition) is 7. The molecule has 0 aromatic heterocycles. The molecule has 46 heavy (non-hydrogen) atoms. The van der Waals surface area contributed by atoms with E-state index in [0.717, 1.165) is 42.5 Å². The first-order valence-electron chi connectivity index (χ1n) is 16.6. The van der Waals surface area contributed by atoms with E-state index in [4.69, 9.17) is 4.74 Å². The average molecular weight is 635 g/mol. The Bertz CT molecular complexity index is 1340. The summed E-state index contributed by atoms with van der Waals surface area (Å²) in [6, 6.07) is 21.1. The van der Waals surface area contributed by atoms with Crippen molar-refractivity contribution in [3.63, 3.8) is 0 Å². The van der Waals surface area contributed by atoms with Crippen LogP contribution < -0.4 is 19.9 Å². The molecule has 2 aliphatic heterocycles. The van der Waals surface area contributed by atoms with Crippen molar-refractivity contribution >= 4 is 29.1 Å². The van der Waals surface area contributed by atoms with Gasteiger partial charge in [-0.15, -0.1) is 0 Å². The lowest BCUT2D eigenvalue weighted by Crippen LogP contribution is -2.50. The number of aliphatic hydroxyl groups is 1. The van der Waals surface area contributed by atoms with Gasteiger partial charge in [-0.3, -0.25) is 19.3 Å². The smallest absolute Gasteiger partial charge is 0.266 e. The number of nitrogens with zero attached hydrogens (tertiary/aromatic N) is 3. The highest BCUT2D eigenvalue weighted by Gasteiger charge is 2.37. The number of fused-ring (bicyclic) bond motifs is 1. The van der Waals surface area contributed by atoms with Crippen molar-refractivity contribution in [1.82, 2.24) is 10.2 Å². The SMILES string of the molecule is CC.CC.CC.CC.COc1ccccc1N1CCN(CC(O)CNC(=O)c2ccc3c(c2)C(=O)N(c2ccccc2)C3=O)CC1. The van der Waals surface area contributed by atoms with Gasteiger partial charge in [0.2, 0.25) is 0 Å². The monoisotopic (exact) mass is 634 g/mol. The molecular weight excluding hydrogens is 580 g/mol. The molecule has 3 aromatic rings. The molecule has 1 saturated heterocycles. The molecule has 3 amide bonds. The molecule has 0 spiro atoms. The van der Waals surface area contributed by atoms with E-state index in [-0.39, 0.29) is 23.2 Å². The summed E-state index contributed by atoms with van der Waals surface area (Å²) in [5, 5.41) is 13.3. The summed E-state index contributed by atoms with van der Waals surface area (Å²) in [6.45, 7) is 19.7. The molecule has 1 atom stereocenters. The minimum Gasteiger partial charge on any atom is -0.495 e. The van der Waals surface area contributed by atoms with Crippen molar-refractivity contribution in [2.24, 2.45) is 0 Å². The van der Waals surface area contributed by atoms with Crippen molar-refractivity contribution < 1.29 is 24.2 Å². The average Bonchev–Trinajstić information content (AvgIpc) is 3.39. The molecule has 252 valence electrons. The number of benzene rings is 3. The summed E-state index contributed by atoms with van der Waals surface area (Å²) >= 11 is 0. The Kier molecular flexibility index (Phi) is 18.6. The molecule has 2 N–H and O–H groups in total. The number of hydrogen-bond donors (Lipinski definition) is 2. The molecule has 1 fully saturated rings. The number of methoxy groups -OCH3 is 1. The fraction of sp³-hybridized carbons (Fsp3) is 0.432. The quantitative estimate of drug-likeness (QED) is 0.272. The highest BCUT2D eigenvalue weighted by atomic mass is 16.5. The minimum absolute atomic E-state index is 0.0751. The molecule has 0 aliphatic carbocycles. The number of ether oxygens (including phenoxy) is 1. The zero-order valence-electron chi connectivity index (χ0n) is 29.2. The number of imide groups is 1. The molecule has 2 aliphatic rings. The molecule has 3 aromatic carbocycles.